The number of hydrogen-bond acceptors (Lipinski definition) is 3. The van der Waals surface area contributed by atoms with E-state index in [-0.39, 0.29) is 5.82 Å². The van der Waals surface area contributed by atoms with E-state index in [9.17, 15) is 4.79 Å². The Labute approximate surface area is 79.4 Å². The highest BCUT2D eigenvalue weighted by molar-refractivity contribution is 5.84. The van der Waals surface area contributed by atoms with Crippen molar-refractivity contribution >= 4 is 5.97 Å². The number of carboxylic acids is 1. The average Bonchev–Trinajstić information content (AvgIpc) is 2.71. The van der Waals surface area contributed by atoms with E-state index in [4.69, 9.17) is 9.52 Å². The summed E-state index contributed by atoms with van der Waals surface area (Å²) in [5, 5.41) is 8.70. The van der Waals surface area contributed by atoms with Gasteiger partial charge in [0.15, 0.2) is 5.76 Å². The Morgan fingerprint density at radius 3 is 2.93 bits per heavy atom. The molecule has 0 radical (unpaired) electrons. The van der Waals surface area contributed by atoms with Crippen LogP contribution < -0.4 is 0 Å². The van der Waals surface area contributed by atoms with Gasteiger partial charge in [0.2, 0.25) is 5.82 Å². The molecule has 72 valence electrons. The Balaban J connectivity index is 2.50. The zero-order valence-corrected chi connectivity index (χ0v) is 7.44. The smallest absolute Gasteiger partial charge is 0.371 e. The number of nitrogens with one attached hydrogen (secondary N) is 1. The predicted octanol–water partition coefficient (Wildman–Crippen LogP) is 1.68. The number of H-pyrrole nitrogens is 1. The monoisotopic (exact) mass is 192 g/mol. The summed E-state index contributed by atoms with van der Waals surface area (Å²) in [6, 6.07) is 3.46. The molecular weight excluding hydrogens is 184 g/mol. The van der Waals surface area contributed by atoms with Crippen molar-refractivity contribution in [1.82, 2.24) is 9.97 Å². The lowest BCUT2D eigenvalue weighted by atomic mass is 10.3. The molecule has 0 aromatic carbocycles. The molecule has 5 heteroatoms. The molecule has 5 nitrogen and oxygen atoms in total. The summed E-state index contributed by atoms with van der Waals surface area (Å²) in [5.74, 6) is -0.592. The molecule has 0 fully saturated rings. The lowest BCUT2D eigenvalue weighted by Crippen LogP contribution is -1.98. The van der Waals surface area contributed by atoms with E-state index in [0.717, 1.165) is 0 Å². The zero-order chi connectivity index (χ0) is 10.1. The lowest BCUT2D eigenvalue weighted by Gasteiger charge is -1.89. The van der Waals surface area contributed by atoms with Crippen molar-refractivity contribution < 1.29 is 14.3 Å². The largest absolute Gasteiger partial charge is 0.475 e. The van der Waals surface area contributed by atoms with Crippen LogP contribution in [0.4, 0.5) is 0 Å². The second-order valence-corrected chi connectivity index (χ2v) is 2.84. The van der Waals surface area contributed by atoms with Gasteiger partial charge >= 0.3 is 5.97 Å². The molecule has 0 aliphatic carbocycles. The van der Waals surface area contributed by atoms with E-state index in [1.165, 1.54) is 6.26 Å². The molecule has 0 amide bonds. The fourth-order valence-electron chi connectivity index (χ4n) is 1.21. The van der Waals surface area contributed by atoms with E-state index in [1.807, 2.05) is 0 Å². The van der Waals surface area contributed by atoms with Crippen molar-refractivity contribution in [1.29, 1.82) is 0 Å². The SMILES string of the molecule is Cc1[nH]c(C(=O)O)nc1-c1ccco1. The van der Waals surface area contributed by atoms with Gasteiger partial charge in [0, 0.05) is 5.69 Å². The molecule has 0 spiro atoms. The third-order valence-electron chi connectivity index (χ3n) is 1.84. The summed E-state index contributed by atoms with van der Waals surface area (Å²) < 4.78 is 5.12. The molecular formula is C9H8N2O3. The van der Waals surface area contributed by atoms with E-state index < -0.39 is 5.97 Å². The van der Waals surface area contributed by atoms with Gasteiger partial charge in [-0.15, -0.1) is 0 Å². The van der Waals surface area contributed by atoms with E-state index >= 15 is 0 Å². The number of imidazole rings is 1. The van der Waals surface area contributed by atoms with Crippen LogP contribution in [0.2, 0.25) is 0 Å². The number of aryl methyl sites for hydroxylation is 1. The van der Waals surface area contributed by atoms with Gasteiger partial charge in [-0.1, -0.05) is 0 Å². The first-order chi connectivity index (χ1) is 6.68. The number of aromatic nitrogens is 2. The summed E-state index contributed by atoms with van der Waals surface area (Å²) in [6.45, 7) is 1.75. The maximum absolute atomic E-state index is 10.6. The summed E-state index contributed by atoms with van der Waals surface area (Å²) in [5.41, 5.74) is 1.21. The van der Waals surface area contributed by atoms with Crippen LogP contribution in [0.5, 0.6) is 0 Å². The van der Waals surface area contributed by atoms with E-state index in [1.54, 1.807) is 19.1 Å². The molecule has 2 heterocycles. The van der Waals surface area contributed by atoms with Crippen molar-refractivity contribution in [2.45, 2.75) is 6.92 Å². The molecule has 2 aromatic heterocycles. The highest BCUT2D eigenvalue weighted by atomic mass is 16.4. The number of aromatic amines is 1. The Kier molecular flexibility index (Phi) is 1.85. The Morgan fingerprint density at radius 2 is 2.43 bits per heavy atom. The molecule has 0 atom stereocenters. The number of furan rings is 1. The molecule has 2 rings (SSSR count). The minimum absolute atomic E-state index is 0.0751. The van der Waals surface area contributed by atoms with Gasteiger partial charge in [-0.3, -0.25) is 0 Å². The average molecular weight is 192 g/mol. The minimum atomic E-state index is -1.08. The molecule has 0 unspecified atom stereocenters. The van der Waals surface area contributed by atoms with Crippen molar-refractivity contribution in [2.75, 3.05) is 0 Å². The van der Waals surface area contributed by atoms with Gasteiger partial charge in [-0.05, 0) is 19.1 Å². The maximum atomic E-state index is 10.6. The number of carbonyl (C=O) groups is 1. The Hall–Kier alpha value is -2.04. The zero-order valence-electron chi connectivity index (χ0n) is 7.44. The third kappa shape index (κ3) is 1.28. The quantitative estimate of drug-likeness (QED) is 0.758. The first-order valence-corrected chi connectivity index (χ1v) is 4.02. The number of carboxylic acid groups (broad SMARTS) is 1. The van der Waals surface area contributed by atoms with Gasteiger partial charge in [-0.2, -0.15) is 0 Å². The molecule has 2 aromatic rings. The standard InChI is InChI=1S/C9H8N2O3/c1-5-7(6-3-2-4-14-6)11-8(10-5)9(12)13/h2-4H,1H3,(H,10,11)(H,12,13). The van der Waals surface area contributed by atoms with Gasteiger partial charge in [0.1, 0.15) is 5.69 Å². The van der Waals surface area contributed by atoms with Crippen LogP contribution in [0.15, 0.2) is 22.8 Å². The Bertz CT molecular complexity index is 456. The summed E-state index contributed by atoms with van der Waals surface area (Å²) in [6.07, 6.45) is 1.52. The number of hydrogen-bond donors (Lipinski definition) is 2. The van der Waals surface area contributed by atoms with Gasteiger partial charge in [0.25, 0.3) is 0 Å². The summed E-state index contributed by atoms with van der Waals surface area (Å²) in [4.78, 5) is 17.2. The molecule has 14 heavy (non-hydrogen) atoms. The second-order valence-electron chi connectivity index (χ2n) is 2.84. The minimum Gasteiger partial charge on any atom is -0.475 e. The van der Waals surface area contributed by atoms with E-state index in [0.29, 0.717) is 17.1 Å². The molecule has 0 aliphatic rings. The number of rotatable bonds is 2. The van der Waals surface area contributed by atoms with Crippen LogP contribution in [0, 0.1) is 6.92 Å². The summed E-state index contributed by atoms with van der Waals surface area (Å²) >= 11 is 0. The number of nitrogens with zero attached hydrogens (tertiary/aromatic N) is 1. The first kappa shape index (κ1) is 8.55. The van der Waals surface area contributed by atoms with Gasteiger partial charge < -0.3 is 14.5 Å². The molecule has 0 saturated carbocycles. The first-order valence-electron chi connectivity index (χ1n) is 4.02. The van der Waals surface area contributed by atoms with Crippen LogP contribution in [0.3, 0.4) is 0 Å². The predicted molar refractivity (Wildman–Crippen MR) is 48.0 cm³/mol. The topological polar surface area (TPSA) is 79.1 Å². The second kappa shape index (κ2) is 3.02. The highest BCUT2D eigenvalue weighted by Gasteiger charge is 2.14. The van der Waals surface area contributed by atoms with Crippen LogP contribution in [0.1, 0.15) is 16.3 Å². The van der Waals surface area contributed by atoms with Gasteiger partial charge in [0.05, 0.1) is 6.26 Å². The Morgan fingerprint density at radius 1 is 1.64 bits per heavy atom. The van der Waals surface area contributed by atoms with Crippen molar-refractivity contribution in [3.63, 3.8) is 0 Å². The molecule has 0 bridgehead atoms. The third-order valence-corrected chi connectivity index (χ3v) is 1.84. The van der Waals surface area contributed by atoms with E-state index in [2.05, 4.69) is 9.97 Å². The fourth-order valence-corrected chi connectivity index (χ4v) is 1.21. The normalized spacial score (nSPS) is 10.4. The molecule has 2 N–H and O–H groups in total. The van der Waals surface area contributed by atoms with Crippen molar-refractivity contribution in [3.8, 4) is 11.5 Å². The maximum Gasteiger partial charge on any atom is 0.371 e. The highest BCUT2D eigenvalue weighted by Crippen LogP contribution is 2.21. The summed E-state index contributed by atoms with van der Waals surface area (Å²) in [7, 11) is 0. The van der Waals surface area contributed by atoms with Gasteiger partial charge in [-0.25, -0.2) is 9.78 Å². The van der Waals surface area contributed by atoms with Crippen LogP contribution in [0.25, 0.3) is 11.5 Å². The number of aromatic carboxylic acids is 1. The van der Waals surface area contributed by atoms with Crippen LogP contribution in [-0.2, 0) is 0 Å². The van der Waals surface area contributed by atoms with Crippen molar-refractivity contribution in [3.05, 3.63) is 29.9 Å². The molecule has 0 aliphatic heterocycles. The fraction of sp³-hybridized carbons (Fsp3) is 0.111. The lowest BCUT2D eigenvalue weighted by molar-refractivity contribution is 0.0684. The molecule has 0 saturated heterocycles. The van der Waals surface area contributed by atoms with Crippen LogP contribution in [-0.4, -0.2) is 21.0 Å². The van der Waals surface area contributed by atoms with Crippen molar-refractivity contribution in [2.24, 2.45) is 0 Å². The van der Waals surface area contributed by atoms with Crippen LogP contribution >= 0.6 is 0 Å².